The van der Waals surface area contributed by atoms with Gasteiger partial charge in [0.15, 0.2) is 0 Å². The number of benzene rings is 2. The molecule has 0 spiro atoms. The largest absolute Gasteiger partial charge is 0.492 e. The Balaban J connectivity index is 1.10. The summed E-state index contributed by atoms with van der Waals surface area (Å²) in [5, 5.41) is 39.5. The van der Waals surface area contributed by atoms with Gasteiger partial charge in [-0.15, -0.1) is 4.73 Å². The number of carbonyl (C=O) groups excluding carboxylic acids is 5. The fourth-order valence-corrected chi connectivity index (χ4v) is 8.80. The lowest BCUT2D eigenvalue weighted by Gasteiger charge is -2.42. The molecule has 2 aromatic heterocycles. The van der Waals surface area contributed by atoms with Gasteiger partial charge in [-0.1, -0.05) is 67.1 Å². The minimum Gasteiger partial charge on any atom is -0.492 e. The van der Waals surface area contributed by atoms with Gasteiger partial charge in [-0.3, -0.25) is 34.0 Å². The van der Waals surface area contributed by atoms with Crippen LogP contribution in [0.1, 0.15) is 100 Å². The number of hydrogen-bond donors (Lipinski definition) is 6. The lowest BCUT2D eigenvalue weighted by molar-refractivity contribution is -0.153. The maximum Gasteiger partial charge on any atom is 0.333 e. The van der Waals surface area contributed by atoms with E-state index in [-0.39, 0.29) is 56.4 Å². The summed E-state index contributed by atoms with van der Waals surface area (Å²) in [5.74, 6) is -3.32. The molecule has 68 heavy (non-hydrogen) atoms. The van der Waals surface area contributed by atoms with E-state index in [9.17, 15) is 39.3 Å². The van der Waals surface area contributed by atoms with E-state index in [4.69, 9.17) is 9.57 Å². The average molecular weight is 938 g/mol. The van der Waals surface area contributed by atoms with E-state index < -0.39 is 59.4 Å². The van der Waals surface area contributed by atoms with E-state index >= 15 is 0 Å². The Morgan fingerprint density at radius 1 is 0.824 bits per heavy atom. The first-order valence-corrected chi connectivity index (χ1v) is 23.7. The highest BCUT2D eigenvalue weighted by Gasteiger charge is 2.38. The second-order valence-electron chi connectivity index (χ2n) is 18.9. The van der Waals surface area contributed by atoms with Crippen LogP contribution in [0.25, 0.3) is 0 Å². The molecule has 17 heteroatoms. The highest BCUT2D eigenvalue weighted by Crippen LogP contribution is 2.32. The van der Waals surface area contributed by atoms with Crippen molar-refractivity contribution in [3.05, 3.63) is 114 Å². The highest BCUT2D eigenvalue weighted by molar-refractivity contribution is 5.83. The summed E-state index contributed by atoms with van der Waals surface area (Å²) in [6.45, 7) is 8.59. The number of aliphatic hydroxyl groups excluding tert-OH is 1. The summed E-state index contributed by atoms with van der Waals surface area (Å²) in [6.07, 6.45) is 4.93. The van der Waals surface area contributed by atoms with Crippen LogP contribution in [0.5, 0.6) is 11.8 Å². The predicted molar refractivity (Wildman–Crippen MR) is 253 cm³/mol. The van der Waals surface area contributed by atoms with E-state index in [1.54, 1.807) is 6.20 Å². The molecule has 3 amide bonds. The second kappa shape index (κ2) is 24.6. The van der Waals surface area contributed by atoms with Crippen LogP contribution >= 0.6 is 0 Å². The molecule has 0 unspecified atom stereocenters. The quantitative estimate of drug-likeness (QED) is 0.0455. The van der Waals surface area contributed by atoms with Crippen molar-refractivity contribution < 1.29 is 48.9 Å². The Morgan fingerprint density at radius 2 is 1.54 bits per heavy atom. The fraction of sp³-hybridized carbons (Fsp3) is 0.490. The summed E-state index contributed by atoms with van der Waals surface area (Å²) < 4.78 is 6.92. The third-order valence-corrected chi connectivity index (χ3v) is 12.1. The number of nitrogens with zero attached hydrogens (tertiary/aromatic N) is 4. The number of unbranched alkanes of at least 4 members (excludes halogenated alkanes) is 2. The number of amides is 3. The number of aliphatic hydroxyl groups is 1. The van der Waals surface area contributed by atoms with E-state index in [0.717, 1.165) is 22.3 Å². The number of aromatic nitrogens is 2. The Hall–Kier alpha value is -6.30. The zero-order valence-corrected chi connectivity index (χ0v) is 39.3. The molecular weight excluding hydrogens is 871 g/mol. The van der Waals surface area contributed by atoms with Gasteiger partial charge < -0.3 is 40.8 Å². The van der Waals surface area contributed by atoms with Gasteiger partial charge in [-0.05, 0) is 81.2 Å². The summed E-state index contributed by atoms with van der Waals surface area (Å²) in [4.78, 5) is 80.3. The molecule has 3 heterocycles. The van der Waals surface area contributed by atoms with Crippen LogP contribution in [-0.2, 0) is 48.1 Å². The molecule has 5 atom stereocenters. The molecule has 0 radical (unpaired) electrons. The fourth-order valence-electron chi connectivity index (χ4n) is 8.80. The van der Waals surface area contributed by atoms with Crippen molar-refractivity contribution in [2.45, 2.75) is 121 Å². The van der Waals surface area contributed by atoms with Gasteiger partial charge in [0.25, 0.3) is 0 Å². The lowest BCUT2D eigenvalue weighted by Crippen LogP contribution is -2.62. The topological polar surface area (TPSA) is 225 Å². The van der Waals surface area contributed by atoms with Crippen LogP contribution in [-0.4, -0.2) is 121 Å². The summed E-state index contributed by atoms with van der Waals surface area (Å²) in [6, 6.07) is 22.4. The van der Waals surface area contributed by atoms with Crippen LogP contribution in [0.2, 0.25) is 0 Å². The SMILES string of the molecule is CC(C)(C)NC(=O)[C@@H]1CN(Cc2cccnc2)CCN1C[C@H](C[C@@H](Cc1ccccc1)C(=O)N[C@H]1c2ccccc2C[C@H]1O)OC(=O)CCCCCNC(=O)CCCC(=O)On1c(O)ccc1O. The van der Waals surface area contributed by atoms with Crippen molar-refractivity contribution in [3.8, 4) is 11.8 Å². The number of piperazine rings is 1. The number of pyridine rings is 1. The van der Waals surface area contributed by atoms with Crippen molar-refractivity contribution in [3.63, 3.8) is 0 Å². The lowest BCUT2D eigenvalue weighted by atomic mass is 9.91. The van der Waals surface area contributed by atoms with Crippen LogP contribution in [0.15, 0.2) is 91.3 Å². The van der Waals surface area contributed by atoms with Crippen molar-refractivity contribution in [2.75, 3.05) is 32.7 Å². The van der Waals surface area contributed by atoms with Crippen molar-refractivity contribution in [1.29, 1.82) is 0 Å². The van der Waals surface area contributed by atoms with Crippen molar-refractivity contribution in [1.82, 2.24) is 35.5 Å². The van der Waals surface area contributed by atoms with Gasteiger partial charge in [0.05, 0.1) is 12.1 Å². The molecule has 0 saturated carbocycles. The van der Waals surface area contributed by atoms with E-state index in [0.29, 0.717) is 69.6 Å². The van der Waals surface area contributed by atoms with E-state index in [2.05, 4.69) is 30.7 Å². The van der Waals surface area contributed by atoms with Crippen LogP contribution in [0.3, 0.4) is 0 Å². The maximum atomic E-state index is 14.5. The molecule has 2 aromatic carbocycles. The molecule has 4 aromatic rings. The highest BCUT2D eigenvalue weighted by atomic mass is 16.7. The Morgan fingerprint density at radius 3 is 2.28 bits per heavy atom. The summed E-state index contributed by atoms with van der Waals surface area (Å²) >= 11 is 0. The van der Waals surface area contributed by atoms with Gasteiger partial charge in [-0.2, -0.15) is 0 Å². The Bertz CT molecular complexity index is 2270. The Labute approximate surface area is 398 Å². The van der Waals surface area contributed by atoms with E-state index in [1.807, 2.05) is 93.7 Å². The van der Waals surface area contributed by atoms with Crippen LogP contribution in [0, 0.1) is 5.92 Å². The first-order chi connectivity index (χ1) is 32.6. The number of hydrogen-bond acceptors (Lipinski definition) is 13. The monoisotopic (exact) mass is 937 g/mol. The number of fused-ring (bicyclic) bond motifs is 1. The summed E-state index contributed by atoms with van der Waals surface area (Å²) in [5.41, 5.74) is 3.33. The zero-order valence-electron chi connectivity index (χ0n) is 39.3. The van der Waals surface area contributed by atoms with Crippen LogP contribution < -0.4 is 20.8 Å². The van der Waals surface area contributed by atoms with Gasteiger partial charge in [0.1, 0.15) is 12.1 Å². The van der Waals surface area contributed by atoms with Crippen molar-refractivity contribution in [2.24, 2.45) is 5.92 Å². The van der Waals surface area contributed by atoms with E-state index in [1.165, 1.54) is 12.1 Å². The first-order valence-electron chi connectivity index (χ1n) is 23.7. The number of nitrogens with one attached hydrogen (secondary N) is 3. The normalized spacial score (nSPS) is 18.2. The number of ether oxygens (including phenoxy) is 1. The van der Waals surface area contributed by atoms with Crippen LogP contribution in [0.4, 0.5) is 0 Å². The number of esters is 1. The first kappa shape index (κ1) is 51.1. The second-order valence-corrected chi connectivity index (χ2v) is 18.9. The zero-order chi connectivity index (χ0) is 48.6. The average Bonchev–Trinajstić information content (AvgIpc) is 3.79. The smallest absolute Gasteiger partial charge is 0.333 e. The standard InChI is InChI=1S/C51H67N7O10/c1-51(2,3)55-50(66)41-34-56(32-36-16-13-24-52-31-36)26-27-57(41)33-39(29-38(28-35-14-6-4-7-15-35)49(65)54-48-40-18-10-9-17-37(40)30-42(48)59)67-46(63)20-8-5-11-25-53-43(60)19-12-21-47(64)68-58-44(61)22-23-45(58)62/h4,6-7,9-10,13-18,22-24,31,38-39,41-42,48,59,61-62H,5,8,11-12,19-21,25-30,32-34H2,1-3H3,(H,53,60)(H,54,65)(H,55,66)/t38-,39+,41+,42-,48+/m1/s1. The number of rotatable bonds is 23. The van der Waals surface area contributed by atoms with Gasteiger partial charge >= 0.3 is 11.9 Å². The third-order valence-electron chi connectivity index (χ3n) is 12.1. The molecule has 1 aliphatic heterocycles. The predicted octanol–water partition coefficient (Wildman–Crippen LogP) is 4.13. The molecule has 1 saturated heterocycles. The third kappa shape index (κ3) is 15.6. The molecule has 0 bridgehead atoms. The molecule has 1 fully saturated rings. The van der Waals surface area contributed by atoms with Gasteiger partial charge in [0.2, 0.25) is 29.5 Å². The van der Waals surface area contributed by atoms with Crippen molar-refractivity contribution >= 4 is 29.7 Å². The number of aromatic hydroxyl groups is 2. The minimum atomic E-state index is -0.791. The molecular formula is C51H67N7O10. The molecule has 2 aliphatic rings. The Kier molecular flexibility index (Phi) is 18.5. The molecule has 17 nitrogen and oxygen atoms in total. The number of carbonyl (C=O) groups is 5. The molecule has 6 N–H and O–H groups in total. The maximum absolute atomic E-state index is 14.5. The molecule has 6 rings (SSSR count). The summed E-state index contributed by atoms with van der Waals surface area (Å²) in [7, 11) is 0. The van der Waals surface area contributed by atoms with Gasteiger partial charge in [0, 0.05) is 101 Å². The minimum absolute atomic E-state index is 0.0720. The molecule has 366 valence electrons. The van der Waals surface area contributed by atoms with Gasteiger partial charge in [-0.25, -0.2) is 4.79 Å². The molecule has 1 aliphatic carbocycles.